The number of nitrogens with one attached hydrogen (secondary N) is 3. The van der Waals surface area contributed by atoms with Crippen molar-refractivity contribution in [2.24, 2.45) is 0 Å². The van der Waals surface area contributed by atoms with E-state index in [1.165, 1.54) is 11.1 Å². The molecule has 4 rings (SSSR count). The number of benzene rings is 1. The lowest BCUT2D eigenvalue weighted by Crippen LogP contribution is -2.60. The molecule has 174 valence electrons. The molecule has 1 aromatic rings. The van der Waals surface area contributed by atoms with Crippen LogP contribution in [0.2, 0.25) is 0 Å². The predicted octanol–water partition coefficient (Wildman–Crippen LogP) is 2.12. The molecular weight excluding hydrogens is 424 g/mol. The summed E-state index contributed by atoms with van der Waals surface area (Å²) in [5.74, 6) is 0.406. The van der Waals surface area contributed by atoms with Gasteiger partial charge in [0.25, 0.3) is 0 Å². The largest absolute Gasteiger partial charge is 0.347 e. The number of aryl methyl sites for hydroxylation is 1. The zero-order chi connectivity index (χ0) is 22.7. The highest BCUT2D eigenvalue weighted by Gasteiger charge is 2.43. The minimum Gasteiger partial charge on any atom is -0.347 e. The lowest BCUT2D eigenvalue weighted by atomic mass is 9.87. The molecule has 7 nitrogen and oxygen atoms in total. The van der Waals surface area contributed by atoms with E-state index in [-0.39, 0.29) is 35.2 Å². The van der Waals surface area contributed by atoms with Crippen LogP contribution in [0.25, 0.3) is 0 Å². The van der Waals surface area contributed by atoms with Crippen molar-refractivity contribution in [3.8, 4) is 0 Å². The molecule has 0 aromatic heterocycles. The van der Waals surface area contributed by atoms with Crippen molar-refractivity contribution >= 4 is 29.5 Å². The van der Waals surface area contributed by atoms with Crippen LogP contribution in [0, 0.1) is 0 Å². The maximum atomic E-state index is 13.5. The van der Waals surface area contributed by atoms with E-state index < -0.39 is 12.1 Å². The SMILES string of the molecule is CN[C@@H](C)C(=O)N[C@H]1CCS[C@H]2CCC[C@@H](C(=O)N[C@@H]3CCCc4ccccc43)N2C1=O. The summed E-state index contributed by atoms with van der Waals surface area (Å²) in [4.78, 5) is 41.2. The number of hydrogen-bond donors (Lipinski definition) is 3. The number of rotatable bonds is 5. The average Bonchev–Trinajstić information content (AvgIpc) is 2.97. The fourth-order valence-electron chi connectivity index (χ4n) is 5.04. The first-order valence-electron chi connectivity index (χ1n) is 11.8. The van der Waals surface area contributed by atoms with Crippen LogP contribution in [0.3, 0.4) is 0 Å². The first-order valence-corrected chi connectivity index (χ1v) is 12.8. The van der Waals surface area contributed by atoms with Gasteiger partial charge < -0.3 is 20.9 Å². The lowest BCUT2D eigenvalue weighted by molar-refractivity contribution is -0.146. The van der Waals surface area contributed by atoms with Crippen molar-refractivity contribution in [3.05, 3.63) is 35.4 Å². The fraction of sp³-hybridized carbons (Fsp3) is 0.625. The van der Waals surface area contributed by atoms with Crippen molar-refractivity contribution in [1.82, 2.24) is 20.9 Å². The highest BCUT2D eigenvalue weighted by atomic mass is 32.2. The van der Waals surface area contributed by atoms with Crippen LogP contribution in [-0.4, -0.2) is 58.9 Å². The van der Waals surface area contributed by atoms with E-state index in [2.05, 4.69) is 28.1 Å². The van der Waals surface area contributed by atoms with Gasteiger partial charge in [-0.25, -0.2) is 0 Å². The Morgan fingerprint density at radius 2 is 1.88 bits per heavy atom. The minimum atomic E-state index is -0.584. The second-order valence-electron chi connectivity index (χ2n) is 9.03. The second kappa shape index (κ2) is 10.3. The molecule has 0 bridgehead atoms. The number of thioether (sulfide) groups is 1. The number of hydrogen-bond acceptors (Lipinski definition) is 5. The zero-order valence-corrected chi connectivity index (χ0v) is 19.7. The molecule has 0 radical (unpaired) electrons. The number of piperidine rings is 1. The van der Waals surface area contributed by atoms with E-state index in [1.54, 1.807) is 30.6 Å². The molecule has 1 aromatic carbocycles. The first-order chi connectivity index (χ1) is 15.5. The van der Waals surface area contributed by atoms with Gasteiger partial charge in [-0.2, -0.15) is 0 Å². The lowest BCUT2D eigenvalue weighted by Gasteiger charge is -2.41. The van der Waals surface area contributed by atoms with Gasteiger partial charge in [0, 0.05) is 0 Å². The van der Waals surface area contributed by atoms with E-state index in [4.69, 9.17) is 0 Å². The summed E-state index contributed by atoms with van der Waals surface area (Å²) in [7, 11) is 1.72. The van der Waals surface area contributed by atoms with Crippen LogP contribution >= 0.6 is 11.8 Å². The molecule has 2 heterocycles. The zero-order valence-electron chi connectivity index (χ0n) is 18.9. The first kappa shape index (κ1) is 23.1. The summed E-state index contributed by atoms with van der Waals surface area (Å²) in [6, 6.07) is 6.86. The van der Waals surface area contributed by atoms with Crippen LogP contribution in [0.5, 0.6) is 0 Å². The molecule has 3 aliphatic rings. The summed E-state index contributed by atoms with van der Waals surface area (Å²) in [5.41, 5.74) is 2.50. The molecule has 0 saturated carbocycles. The van der Waals surface area contributed by atoms with Crippen molar-refractivity contribution in [3.63, 3.8) is 0 Å². The van der Waals surface area contributed by atoms with Gasteiger partial charge in [-0.05, 0) is 75.8 Å². The number of carbonyl (C=O) groups is 3. The normalized spacial score (nSPS) is 28.7. The number of likely N-dealkylation sites (N-methyl/N-ethyl adjacent to an activating group) is 1. The number of fused-ring (bicyclic) bond motifs is 2. The fourth-order valence-corrected chi connectivity index (χ4v) is 6.43. The van der Waals surface area contributed by atoms with Gasteiger partial charge >= 0.3 is 0 Å². The predicted molar refractivity (Wildman–Crippen MR) is 126 cm³/mol. The standard InChI is InChI=1S/C24H34N4O3S/c1-15(25-2)22(29)27-19-13-14-32-21-12-6-11-20(28(21)24(19)31)23(30)26-18-10-5-8-16-7-3-4-9-17(16)18/h3-4,7,9,15,18-21,25H,5-6,8,10-14H2,1-2H3,(H,26,30)(H,27,29)/t15-,18+,19-,20-,21-/m0/s1. The van der Waals surface area contributed by atoms with Crippen LogP contribution < -0.4 is 16.0 Å². The number of amides is 3. The maximum Gasteiger partial charge on any atom is 0.246 e. The van der Waals surface area contributed by atoms with Crippen LogP contribution in [0.15, 0.2) is 24.3 Å². The van der Waals surface area contributed by atoms with E-state index >= 15 is 0 Å². The van der Waals surface area contributed by atoms with E-state index in [0.29, 0.717) is 12.8 Å². The Morgan fingerprint density at radius 3 is 2.69 bits per heavy atom. The van der Waals surface area contributed by atoms with Crippen molar-refractivity contribution in [1.29, 1.82) is 0 Å². The third-order valence-corrected chi connectivity index (χ3v) is 8.29. The Hall–Kier alpha value is -2.06. The van der Waals surface area contributed by atoms with Crippen LogP contribution in [0.4, 0.5) is 0 Å². The molecule has 32 heavy (non-hydrogen) atoms. The van der Waals surface area contributed by atoms with Crippen molar-refractivity contribution in [2.75, 3.05) is 12.8 Å². The molecule has 3 amide bonds. The van der Waals surface area contributed by atoms with Gasteiger partial charge in [0.15, 0.2) is 0 Å². The Bertz CT molecular complexity index is 863. The summed E-state index contributed by atoms with van der Waals surface area (Å²) < 4.78 is 0. The molecule has 0 spiro atoms. The molecule has 3 N–H and O–H groups in total. The van der Waals surface area contributed by atoms with E-state index in [9.17, 15) is 14.4 Å². The van der Waals surface area contributed by atoms with Gasteiger partial charge in [-0.1, -0.05) is 24.3 Å². The summed E-state index contributed by atoms with van der Waals surface area (Å²) >= 11 is 1.73. The molecule has 1 aliphatic carbocycles. The molecule has 2 aliphatic heterocycles. The third kappa shape index (κ3) is 4.81. The Kier molecular flexibility index (Phi) is 7.40. The van der Waals surface area contributed by atoms with Gasteiger partial charge in [-0.3, -0.25) is 14.4 Å². The highest BCUT2D eigenvalue weighted by Crippen LogP contribution is 2.35. The van der Waals surface area contributed by atoms with Gasteiger partial charge in [0.05, 0.1) is 17.5 Å². The van der Waals surface area contributed by atoms with Crippen molar-refractivity contribution in [2.45, 2.75) is 81.4 Å². The number of nitrogens with zero attached hydrogens (tertiary/aromatic N) is 1. The molecule has 8 heteroatoms. The molecule has 2 fully saturated rings. The van der Waals surface area contributed by atoms with Gasteiger partial charge in [0.2, 0.25) is 17.7 Å². The van der Waals surface area contributed by atoms with Crippen LogP contribution in [0.1, 0.15) is 62.6 Å². The molecule has 5 atom stereocenters. The Labute approximate surface area is 194 Å². The second-order valence-corrected chi connectivity index (χ2v) is 10.3. The summed E-state index contributed by atoms with van der Waals surface area (Å²) in [5, 5.41) is 9.08. The molecular formula is C24H34N4O3S. The topological polar surface area (TPSA) is 90.5 Å². The smallest absolute Gasteiger partial charge is 0.246 e. The van der Waals surface area contributed by atoms with E-state index in [1.807, 2.05) is 12.1 Å². The maximum absolute atomic E-state index is 13.5. The van der Waals surface area contributed by atoms with Crippen LogP contribution in [-0.2, 0) is 20.8 Å². The Morgan fingerprint density at radius 1 is 1.06 bits per heavy atom. The third-order valence-electron chi connectivity index (χ3n) is 6.98. The van der Waals surface area contributed by atoms with Crippen molar-refractivity contribution < 1.29 is 14.4 Å². The average molecular weight is 459 g/mol. The molecule has 0 unspecified atom stereocenters. The van der Waals surface area contributed by atoms with Gasteiger partial charge in [0.1, 0.15) is 12.1 Å². The number of carbonyl (C=O) groups excluding carboxylic acids is 3. The Balaban J connectivity index is 1.50. The van der Waals surface area contributed by atoms with Gasteiger partial charge in [-0.15, -0.1) is 11.8 Å². The minimum absolute atomic E-state index is 0.00506. The molecule has 2 saturated heterocycles. The summed E-state index contributed by atoms with van der Waals surface area (Å²) in [6.45, 7) is 1.77. The quantitative estimate of drug-likeness (QED) is 0.629. The monoisotopic (exact) mass is 458 g/mol. The summed E-state index contributed by atoms with van der Waals surface area (Å²) in [6.07, 6.45) is 6.07. The highest BCUT2D eigenvalue weighted by molar-refractivity contribution is 7.99. The van der Waals surface area contributed by atoms with E-state index in [0.717, 1.165) is 37.9 Å².